The minimum absolute atomic E-state index is 0.956. The Hall–Kier alpha value is 0.167. The van der Waals surface area contributed by atoms with E-state index >= 15 is 0 Å². The molecule has 0 aromatic heterocycles. The van der Waals surface area contributed by atoms with Crippen LogP contribution in [0, 0.1) is 0 Å². The molecule has 0 nitrogen and oxygen atoms in total. The Labute approximate surface area is 63.9 Å². The molecule has 0 bridgehead atoms. The first-order chi connectivity index (χ1) is 3.80. The molecule has 1 aliphatic rings. The van der Waals surface area contributed by atoms with Crippen LogP contribution in [0.5, 0.6) is 0 Å². The summed E-state index contributed by atoms with van der Waals surface area (Å²) in [5, 5.41) is 0. The van der Waals surface area contributed by atoms with Crippen molar-refractivity contribution < 1.29 is 0 Å². The predicted octanol–water partition coefficient (Wildman–Crippen LogP) is 1.37. The number of hydrogen-bond acceptors (Lipinski definition) is 1. The van der Waals surface area contributed by atoms with Gasteiger partial charge in [-0.15, -0.1) is 0 Å². The van der Waals surface area contributed by atoms with Crippen molar-refractivity contribution in [3.05, 3.63) is 22.5 Å². The zero-order valence-corrected chi connectivity index (χ0v) is 5.66. The van der Waals surface area contributed by atoms with Crippen LogP contribution in [0.3, 0.4) is 0 Å². The fraction of sp³-hybridized carbons (Fsp3) is 0.167. The number of hydrogen-bond donors (Lipinski definition) is 0. The third kappa shape index (κ3) is 1.32. The van der Waals surface area contributed by atoms with Gasteiger partial charge in [-0.05, 0) is 0 Å². The van der Waals surface area contributed by atoms with E-state index in [1.807, 2.05) is 29.9 Å². The van der Waals surface area contributed by atoms with Gasteiger partial charge in [-0.2, -0.15) is 0 Å². The Morgan fingerprint density at radius 2 is 2.38 bits per heavy atom. The number of thiocarbonyl (C=S) groups is 1. The van der Waals surface area contributed by atoms with E-state index in [1.165, 1.54) is 4.25 Å². The molecule has 36 valence electrons. The second-order valence-corrected chi connectivity index (χ2v) is 2.40. The SMILES string of the molecule is [Li][C]1=CC=CCC1=S. The van der Waals surface area contributed by atoms with Crippen LogP contribution >= 0.6 is 12.2 Å². The average molecular weight is 116 g/mol. The van der Waals surface area contributed by atoms with E-state index in [0.717, 1.165) is 11.3 Å². The summed E-state index contributed by atoms with van der Waals surface area (Å²) in [5.74, 6) is 0. The van der Waals surface area contributed by atoms with Gasteiger partial charge in [0, 0.05) is 0 Å². The molecule has 1 rings (SSSR count). The van der Waals surface area contributed by atoms with Crippen molar-refractivity contribution in [2.24, 2.45) is 0 Å². The summed E-state index contributed by atoms with van der Waals surface area (Å²) in [4.78, 5) is 1.08. The molecule has 0 aliphatic heterocycles. The van der Waals surface area contributed by atoms with Crippen LogP contribution in [-0.2, 0) is 0 Å². The van der Waals surface area contributed by atoms with Crippen molar-refractivity contribution in [3.63, 3.8) is 0 Å². The monoisotopic (exact) mass is 116 g/mol. The van der Waals surface area contributed by atoms with E-state index in [9.17, 15) is 0 Å². The average Bonchev–Trinajstić information content (AvgIpc) is 1.77. The Morgan fingerprint density at radius 1 is 1.62 bits per heavy atom. The second-order valence-electron chi connectivity index (χ2n) is 1.91. The quantitative estimate of drug-likeness (QED) is 0.340. The molecule has 8 heavy (non-hydrogen) atoms. The van der Waals surface area contributed by atoms with Crippen molar-refractivity contribution in [2.75, 3.05) is 0 Å². The molecular weight excluding hydrogens is 111 g/mol. The van der Waals surface area contributed by atoms with Gasteiger partial charge in [0.25, 0.3) is 0 Å². The van der Waals surface area contributed by atoms with Crippen LogP contribution < -0.4 is 0 Å². The minimum atomic E-state index is 0.956. The third-order valence-electron chi connectivity index (χ3n) is 1.23. The zero-order chi connectivity index (χ0) is 5.98. The number of rotatable bonds is 0. The fourth-order valence-electron chi connectivity index (χ4n) is 0.641. The maximum absolute atomic E-state index is 5.01. The van der Waals surface area contributed by atoms with Gasteiger partial charge < -0.3 is 0 Å². The third-order valence-corrected chi connectivity index (χ3v) is 1.71. The Morgan fingerprint density at radius 3 is 2.75 bits per heavy atom. The van der Waals surface area contributed by atoms with Crippen LogP contribution in [0.25, 0.3) is 0 Å². The summed E-state index contributed by atoms with van der Waals surface area (Å²) < 4.78 is 1.24. The summed E-state index contributed by atoms with van der Waals surface area (Å²) in [5.41, 5.74) is 0. The van der Waals surface area contributed by atoms with Gasteiger partial charge in [0.2, 0.25) is 0 Å². The van der Waals surface area contributed by atoms with Gasteiger partial charge in [-0.3, -0.25) is 0 Å². The van der Waals surface area contributed by atoms with E-state index in [1.54, 1.807) is 0 Å². The molecule has 0 saturated heterocycles. The summed E-state index contributed by atoms with van der Waals surface area (Å²) in [6.45, 7) is 0. The summed E-state index contributed by atoms with van der Waals surface area (Å²) in [6.07, 6.45) is 7.13. The first-order valence-corrected chi connectivity index (χ1v) is 3.08. The molecule has 0 aromatic rings. The topological polar surface area (TPSA) is 0 Å². The molecule has 0 fully saturated rings. The Bertz CT molecular complexity index is 167. The van der Waals surface area contributed by atoms with Crippen LogP contribution in [-0.4, -0.2) is 22.6 Å². The van der Waals surface area contributed by atoms with Crippen LogP contribution in [0.2, 0.25) is 0 Å². The van der Waals surface area contributed by atoms with Gasteiger partial charge in [0.15, 0.2) is 0 Å². The standard InChI is InChI=1S/C6H5S.Li/c7-6-4-2-1-3-5-6;/h1-3H,4H2;. The van der Waals surface area contributed by atoms with E-state index in [2.05, 4.69) is 6.08 Å². The van der Waals surface area contributed by atoms with Gasteiger partial charge >= 0.3 is 63.7 Å². The van der Waals surface area contributed by atoms with Crippen molar-refractivity contribution in [2.45, 2.75) is 6.42 Å². The van der Waals surface area contributed by atoms with E-state index in [-0.39, 0.29) is 0 Å². The van der Waals surface area contributed by atoms with Crippen molar-refractivity contribution in [1.29, 1.82) is 0 Å². The fourth-order valence-corrected chi connectivity index (χ4v) is 0.806. The molecule has 0 N–H and O–H groups in total. The first-order valence-electron chi connectivity index (χ1n) is 2.67. The summed E-state index contributed by atoms with van der Waals surface area (Å²) in [6, 6.07) is 0. The van der Waals surface area contributed by atoms with Gasteiger partial charge in [0.1, 0.15) is 0 Å². The normalized spacial score (nSPS) is 18.8. The summed E-state index contributed by atoms with van der Waals surface area (Å²) >= 11 is 7.06. The predicted molar refractivity (Wildman–Crippen MR) is 40.2 cm³/mol. The Kier molecular flexibility index (Phi) is 2.07. The van der Waals surface area contributed by atoms with Gasteiger partial charge in [-0.1, -0.05) is 0 Å². The molecule has 0 spiro atoms. The molecule has 0 saturated carbocycles. The van der Waals surface area contributed by atoms with Crippen molar-refractivity contribution >= 4 is 34.8 Å². The van der Waals surface area contributed by atoms with Crippen LogP contribution in [0.1, 0.15) is 6.42 Å². The second kappa shape index (κ2) is 2.64. The van der Waals surface area contributed by atoms with E-state index in [0.29, 0.717) is 0 Å². The van der Waals surface area contributed by atoms with Crippen LogP contribution in [0.4, 0.5) is 0 Å². The van der Waals surface area contributed by atoms with Crippen molar-refractivity contribution in [3.8, 4) is 0 Å². The molecule has 2 heteroatoms. The van der Waals surface area contributed by atoms with Crippen molar-refractivity contribution in [1.82, 2.24) is 0 Å². The van der Waals surface area contributed by atoms with E-state index in [4.69, 9.17) is 12.2 Å². The zero-order valence-electron chi connectivity index (χ0n) is 4.85. The summed E-state index contributed by atoms with van der Waals surface area (Å²) in [7, 11) is 0. The van der Waals surface area contributed by atoms with Gasteiger partial charge in [0.05, 0.1) is 0 Å². The van der Waals surface area contributed by atoms with E-state index < -0.39 is 0 Å². The molecular formula is C6H5LiS. The molecule has 1 aliphatic carbocycles. The maximum atomic E-state index is 5.01. The van der Waals surface area contributed by atoms with Crippen LogP contribution in [0.15, 0.2) is 22.5 Å². The molecule has 0 heterocycles. The number of allylic oxidation sites excluding steroid dienone is 4. The molecule has 0 atom stereocenters. The Balaban J connectivity index is 2.80. The van der Waals surface area contributed by atoms with Gasteiger partial charge in [-0.25, -0.2) is 0 Å². The molecule has 0 aromatic carbocycles. The molecule has 0 unspecified atom stereocenters. The molecule has 0 radical (unpaired) electrons. The molecule has 0 amide bonds. The first kappa shape index (κ1) is 6.29.